The van der Waals surface area contributed by atoms with Crippen molar-refractivity contribution in [3.63, 3.8) is 0 Å². The SMILES string of the molecule is C=CCN(C(=O)c1cc(F)ccc1Br)c1ccccc1. The van der Waals surface area contributed by atoms with E-state index in [1.807, 2.05) is 30.3 Å². The van der Waals surface area contributed by atoms with Crippen LogP contribution in [-0.4, -0.2) is 12.5 Å². The third kappa shape index (κ3) is 3.14. The molecule has 0 radical (unpaired) electrons. The van der Waals surface area contributed by atoms with Gasteiger partial charge < -0.3 is 4.90 Å². The van der Waals surface area contributed by atoms with E-state index in [2.05, 4.69) is 22.5 Å². The van der Waals surface area contributed by atoms with Crippen LogP contribution in [0.5, 0.6) is 0 Å². The molecule has 0 atom stereocenters. The number of benzene rings is 2. The van der Waals surface area contributed by atoms with E-state index in [1.54, 1.807) is 11.0 Å². The number of hydrogen-bond donors (Lipinski definition) is 0. The highest BCUT2D eigenvalue weighted by Gasteiger charge is 2.19. The van der Waals surface area contributed by atoms with Gasteiger partial charge in [-0.05, 0) is 46.3 Å². The van der Waals surface area contributed by atoms with Gasteiger partial charge in [-0.1, -0.05) is 24.3 Å². The van der Waals surface area contributed by atoms with E-state index in [-0.39, 0.29) is 11.5 Å². The lowest BCUT2D eigenvalue weighted by Gasteiger charge is -2.22. The third-order valence-electron chi connectivity index (χ3n) is 2.78. The van der Waals surface area contributed by atoms with Crippen molar-refractivity contribution in [1.29, 1.82) is 0 Å². The van der Waals surface area contributed by atoms with Crippen LogP contribution in [0.2, 0.25) is 0 Å². The van der Waals surface area contributed by atoms with Gasteiger partial charge in [0.2, 0.25) is 0 Å². The van der Waals surface area contributed by atoms with Gasteiger partial charge >= 0.3 is 0 Å². The van der Waals surface area contributed by atoms with E-state index in [9.17, 15) is 9.18 Å². The Bertz CT molecular complexity index is 628. The van der Waals surface area contributed by atoms with E-state index in [0.29, 0.717) is 11.0 Å². The molecule has 0 saturated heterocycles. The maximum atomic E-state index is 13.3. The fraction of sp³-hybridized carbons (Fsp3) is 0.0625. The second kappa shape index (κ2) is 6.48. The largest absolute Gasteiger partial charge is 0.305 e. The van der Waals surface area contributed by atoms with Gasteiger partial charge in [-0.3, -0.25) is 4.79 Å². The molecule has 2 rings (SSSR count). The van der Waals surface area contributed by atoms with Crippen LogP contribution in [0.15, 0.2) is 65.7 Å². The van der Waals surface area contributed by atoms with E-state index >= 15 is 0 Å². The Balaban J connectivity index is 2.41. The Labute approximate surface area is 125 Å². The summed E-state index contributed by atoms with van der Waals surface area (Å²) in [6.45, 7) is 4.02. The molecule has 0 N–H and O–H groups in total. The highest BCUT2D eigenvalue weighted by molar-refractivity contribution is 9.10. The van der Waals surface area contributed by atoms with Crippen molar-refractivity contribution >= 4 is 27.5 Å². The van der Waals surface area contributed by atoms with Gasteiger partial charge in [0.05, 0.1) is 5.56 Å². The summed E-state index contributed by atoms with van der Waals surface area (Å²) in [4.78, 5) is 14.1. The standard InChI is InChI=1S/C16H13BrFNO/c1-2-10-19(13-6-4-3-5-7-13)16(20)14-11-12(18)8-9-15(14)17/h2-9,11H,1,10H2. The van der Waals surface area contributed by atoms with Gasteiger partial charge in [-0.2, -0.15) is 0 Å². The van der Waals surface area contributed by atoms with Crippen molar-refractivity contribution in [2.45, 2.75) is 0 Å². The highest BCUT2D eigenvalue weighted by atomic mass is 79.9. The maximum Gasteiger partial charge on any atom is 0.259 e. The molecule has 0 aliphatic carbocycles. The van der Waals surface area contributed by atoms with Crippen LogP contribution in [0.3, 0.4) is 0 Å². The molecule has 0 bridgehead atoms. The Morgan fingerprint density at radius 2 is 1.95 bits per heavy atom. The quantitative estimate of drug-likeness (QED) is 0.758. The number of hydrogen-bond acceptors (Lipinski definition) is 1. The van der Waals surface area contributed by atoms with Crippen molar-refractivity contribution < 1.29 is 9.18 Å². The molecule has 4 heteroatoms. The fourth-order valence-corrected chi connectivity index (χ4v) is 2.27. The first-order valence-corrected chi connectivity index (χ1v) is 6.85. The average molecular weight is 334 g/mol. The predicted octanol–water partition coefficient (Wildman–Crippen LogP) is 4.42. The summed E-state index contributed by atoms with van der Waals surface area (Å²) < 4.78 is 13.9. The Morgan fingerprint density at radius 3 is 2.60 bits per heavy atom. The molecule has 0 fully saturated rings. The molecule has 20 heavy (non-hydrogen) atoms. The molecule has 0 aliphatic rings. The molecule has 2 nitrogen and oxygen atoms in total. The minimum atomic E-state index is -0.442. The molecule has 2 aromatic carbocycles. The number of amides is 1. The number of halogens is 2. The normalized spacial score (nSPS) is 10.1. The molecular formula is C16H13BrFNO. The Morgan fingerprint density at radius 1 is 1.25 bits per heavy atom. The molecule has 0 heterocycles. The minimum absolute atomic E-state index is 0.275. The van der Waals surface area contributed by atoms with Crippen LogP contribution >= 0.6 is 15.9 Å². The molecule has 0 saturated carbocycles. The van der Waals surface area contributed by atoms with Crippen molar-refractivity contribution in [3.05, 3.63) is 77.0 Å². The molecule has 0 aliphatic heterocycles. The molecule has 2 aromatic rings. The van der Waals surface area contributed by atoms with Crippen molar-refractivity contribution in [2.24, 2.45) is 0 Å². The van der Waals surface area contributed by atoms with Gasteiger partial charge in [0, 0.05) is 16.7 Å². The molecule has 0 unspecified atom stereocenters. The lowest BCUT2D eigenvalue weighted by molar-refractivity contribution is 0.0988. The van der Waals surface area contributed by atoms with Gasteiger partial charge in [0.1, 0.15) is 5.82 Å². The van der Waals surface area contributed by atoms with E-state index in [0.717, 1.165) is 5.69 Å². The zero-order valence-corrected chi connectivity index (χ0v) is 12.3. The van der Waals surface area contributed by atoms with Gasteiger partial charge in [-0.15, -0.1) is 6.58 Å². The summed E-state index contributed by atoms with van der Waals surface area (Å²) in [6.07, 6.45) is 1.64. The second-order valence-corrected chi connectivity index (χ2v) is 5.02. The van der Waals surface area contributed by atoms with Gasteiger partial charge in [0.25, 0.3) is 5.91 Å². The summed E-state index contributed by atoms with van der Waals surface area (Å²) in [7, 11) is 0. The molecule has 0 aromatic heterocycles. The number of anilines is 1. The van der Waals surface area contributed by atoms with Crippen molar-refractivity contribution in [2.75, 3.05) is 11.4 Å². The van der Waals surface area contributed by atoms with Crippen LogP contribution in [0.1, 0.15) is 10.4 Å². The van der Waals surface area contributed by atoms with E-state index < -0.39 is 5.82 Å². The summed E-state index contributed by atoms with van der Waals surface area (Å²) >= 11 is 3.28. The average Bonchev–Trinajstić information content (AvgIpc) is 2.47. The summed E-state index contributed by atoms with van der Waals surface area (Å²) in [5, 5.41) is 0. The van der Waals surface area contributed by atoms with E-state index in [4.69, 9.17) is 0 Å². The topological polar surface area (TPSA) is 20.3 Å². The molecular weight excluding hydrogens is 321 g/mol. The summed E-state index contributed by atoms with van der Waals surface area (Å²) in [6, 6.07) is 13.3. The fourth-order valence-electron chi connectivity index (χ4n) is 1.85. The van der Waals surface area contributed by atoms with Crippen molar-refractivity contribution in [3.8, 4) is 0 Å². The van der Waals surface area contributed by atoms with Gasteiger partial charge in [0.15, 0.2) is 0 Å². The summed E-state index contributed by atoms with van der Waals surface area (Å²) in [5.74, 6) is -0.717. The first-order chi connectivity index (χ1) is 9.63. The van der Waals surface area contributed by atoms with Crippen LogP contribution in [0.4, 0.5) is 10.1 Å². The van der Waals surface area contributed by atoms with E-state index in [1.165, 1.54) is 18.2 Å². The zero-order chi connectivity index (χ0) is 14.5. The number of para-hydroxylation sites is 1. The van der Waals surface area contributed by atoms with Crippen LogP contribution in [0, 0.1) is 5.82 Å². The smallest absolute Gasteiger partial charge is 0.259 e. The van der Waals surface area contributed by atoms with Crippen LogP contribution < -0.4 is 4.90 Å². The maximum absolute atomic E-state index is 13.3. The highest BCUT2D eigenvalue weighted by Crippen LogP contribution is 2.23. The lowest BCUT2D eigenvalue weighted by Crippen LogP contribution is -2.31. The second-order valence-electron chi connectivity index (χ2n) is 4.16. The van der Waals surface area contributed by atoms with Crippen molar-refractivity contribution in [1.82, 2.24) is 0 Å². The third-order valence-corrected chi connectivity index (χ3v) is 3.48. The van der Waals surface area contributed by atoms with Crippen LogP contribution in [-0.2, 0) is 0 Å². The predicted molar refractivity (Wildman–Crippen MR) is 82.4 cm³/mol. The number of rotatable bonds is 4. The monoisotopic (exact) mass is 333 g/mol. The molecule has 102 valence electrons. The lowest BCUT2D eigenvalue weighted by atomic mass is 10.1. The van der Waals surface area contributed by atoms with Gasteiger partial charge in [-0.25, -0.2) is 4.39 Å². The first-order valence-electron chi connectivity index (χ1n) is 6.06. The zero-order valence-electron chi connectivity index (χ0n) is 10.7. The number of nitrogens with zero attached hydrogens (tertiary/aromatic N) is 1. The Kier molecular flexibility index (Phi) is 4.69. The number of carbonyl (C=O) groups excluding carboxylic acids is 1. The Hall–Kier alpha value is -1.94. The summed E-state index contributed by atoms with van der Waals surface area (Å²) in [5.41, 5.74) is 1.03. The molecule has 1 amide bonds. The first kappa shape index (κ1) is 14.5. The minimum Gasteiger partial charge on any atom is -0.305 e. The molecule has 0 spiro atoms. The van der Waals surface area contributed by atoms with Crippen LogP contribution in [0.25, 0.3) is 0 Å². The number of carbonyl (C=O) groups is 1.